The predicted molar refractivity (Wildman–Crippen MR) is 96.8 cm³/mol. The average molecular weight is 325 g/mol. The van der Waals surface area contributed by atoms with Crippen molar-refractivity contribution in [1.29, 1.82) is 0 Å². The summed E-state index contributed by atoms with van der Waals surface area (Å²) in [6.45, 7) is 14.1. The van der Waals surface area contributed by atoms with Gasteiger partial charge in [0.2, 0.25) is 0 Å². The molecule has 0 aromatic heterocycles. The maximum absolute atomic E-state index is 9.56. The van der Waals surface area contributed by atoms with Crippen molar-refractivity contribution in [2.24, 2.45) is 16.8 Å². The maximum atomic E-state index is 9.56. The molecule has 2 aliphatic rings. The fourth-order valence-corrected chi connectivity index (χ4v) is 3.88. The molecule has 2 aliphatic heterocycles. The summed E-state index contributed by atoms with van der Waals surface area (Å²) in [5, 5.41) is 13.0. The van der Waals surface area contributed by atoms with E-state index in [4.69, 9.17) is 4.99 Å². The third-order valence-corrected chi connectivity index (χ3v) is 4.95. The Morgan fingerprint density at radius 2 is 1.83 bits per heavy atom. The van der Waals surface area contributed by atoms with Crippen LogP contribution in [-0.4, -0.2) is 72.8 Å². The van der Waals surface area contributed by atoms with Crippen LogP contribution < -0.4 is 5.32 Å². The molecule has 2 atom stereocenters. The quantitative estimate of drug-likeness (QED) is 0.460. The van der Waals surface area contributed by atoms with Gasteiger partial charge in [-0.2, -0.15) is 0 Å². The molecule has 0 saturated carbocycles. The molecule has 0 radical (unpaired) electrons. The van der Waals surface area contributed by atoms with Crippen molar-refractivity contribution in [2.75, 3.05) is 45.8 Å². The van der Waals surface area contributed by atoms with Crippen LogP contribution in [0.5, 0.6) is 0 Å². The van der Waals surface area contributed by atoms with Crippen molar-refractivity contribution < 1.29 is 5.11 Å². The van der Waals surface area contributed by atoms with Gasteiger partial charge in [-0.05, 0) is 51.0 Å². The minimum Gasteiger partial charge on any atom is -0.393 e. The van der Waals surface area contributed by atoms with Gasteiger partial charge in [0.05, 0.1) is 6.10 Å². The van der Waals surface area contributed by atoms with E-state index in [1.54, 1.807) is 0 Å². The van der Waals surface area contributed by atoms with Crippen LogP contribution in [0, 0.1) is 11.8 Å². The standard InChI is InChI=1S/C18H36N4O/c1-4-19-18(22-13-15(2)12-16(3)14-22)20-8-5-9-21-10-6-17(23)7-11-21/h15-17,23H,4-14H2,1-3H3,(H,19,20). The molecule has 2 rings (SSSR count). The van der Waals surface area contributed by atoms with E-state index >= 15 is 0 Å². The largest absolute Gasteiger partial charge is 0.393 e. The molecule has 23 heavy (non-hydrogen) atoms. The van der Waals surface area contributed by atoms with Gasteiger partial charge in [-0.3, -0.25) is 4.99 Å². The summed E-state index contributed by atoms with van der Waals surface area (Å²) < 4.78 is 0. The highest BCUT2D eigenvalue weighted by Crippen LogP contribution is 2.20. The number of likely N-dealkylation sites (tertiary alicyclic amines) is 2. The lowest BCUT2D eigenvalue weighted by Crippen LogP contribution is -2.48. The van der Waals surface area contributed by atoms with E-state index in [9.17, 15) is 5.11 Å². The molecular formula is C18H36N4O. The number of piperidine rings is 2. The molecule has 0 spiro atoms. The van der Waals surface area contributed by atoms with Gasteiger partial charge in [0.1, 0.15) is 0 Å². The van der Waals surface area contributed by atoms with E-state index in [-0.39, 0.29) is 6.10 Å². The maximum Gasteiger partial charge on any atom is 0.193 e. The van der Waals surface area contributed by atoms with Gasteiger partial charge in [0.15, 0.2) is 5.96 Å². The smallest absolute Gasteiger partial charge is 0.193 e. The second-order valence-corrected chi connectivity index (χ2v) is 7.51. The second-order valence-electron chi connectivity index (χ2n) is 7.51. The first-order chi connectivity index (χ1) is 11.1. The van der Waals surface area contributed by atoms with E-state index in [1.807, 2.05) is 0 Å². The average Bonchev–Trinajstić information content (AvgIpc) is 2.51. The SMILES string of the molecule is CCNC(=NCCCN1CCC(O)CC1)N1CC(C)CC(C)C1. The molecule has 2 N–H and O–H groups in total. The zero-order valence-corrected chi connectivity index (χ0v) is 15.3. The molecule has 2 saturated heterocycles. The number of aliphatic imine (C=N–C) groups is 1. The van der Waals surface area contributed by atoms with Crippen molar-refractivity contribution >= 4 is 5.96 Å². The molecule has 0 aliphatic carbocycles. The molecule has 5 nitrogen and oxygen atoms in total. The van der Waals surface area contributed by atoms with E-state index in [0.717, 1.165) is 82.9 Å². The first-order valence-electron chi connectivity index (χ1n) is 9.52. The molecule has 2 unspecified atom stereocenters. The first-order valence-corrected chi connectivity index (χ1v) is 9.52. The lowest BCUT2D eigenvalue weighted by molar-refractivity contribution is 0.0824. The van der Waals surface area contributed by atoms with Crippen LogP contribution in [0.1, 0.15) is 46.5 Å². The molecule has 2 heterocycles. The summed E-state index contributed by atoms with van der Waals surface area (Å²) in [6, 6.07) is 0. The van der Waals surface area contributed by atoms with Crippen molar-refractivity contribution in [2.45, 2.75) is 52.6 Å². The lowest BCUT2D eigenvalue weighted by atomic mass is 9.92. The van der Waals surface area contributed by atoms with Crippen LogP contribution in [0.2, 0.25) is 0 Å². The third kappa shape index (κ3) is 6.30. The van der Waals surface area contributed by atoms with Gasteiger partial charge in [0.25, 0.3) is 0 Å². The fraction of sp³-hybridized carbons (Fsp3) is 0.944. The lowest BCUT2D eigenvalue weighted by Gasteiger charge is -2.37. The summed E-state index contributed by atoms with van der Waals surface area (Å²) in [4.78, 5) is 9.76. The Labute approximate surface area is 142 Å². The zero-order chi connectivity index (χ0) is 16.7. The zero-order valence-electron chi connectivity index (χ0n) is 15.3. The van der Waals surface area contributed by atoms with Crippen molar-refractivity contribution in [1.82, 2.24) is 15.1 Å². The van der Waals surface area contributed by atoms with Crippen LogP contribution in [0.4, 0.5) is 0 Å². The number of nitrogens with one attached hydrogen (secondary N) is 1. The van der Waals surface area contributed by atoms with Crippen molar-refractivity contribution in [3.63, 3.8) is 0 Å². The molecule has 0 bridgehead atoms. The highest BCUT2D eigenvalue weighted by Gasteiger charge is 2.24. The number of hydrogen-bond donors (Lipinski definition) is 2. The van der Waals surface area contributed by atoms with Gasteiger partial charge in [-0.25, -0.2) is 0 Å². The highest BCUT2D eigenvalue weighted by molar-refractivity contribution is 5.80. The Morgan fingerprint density at radius 3 is 2.43 bits per heavy atom. The number of nitrogens with zero attached hydrogens (tertiary/aromatic N) is 3. The number of rotatable bonds is 5. The summed E-state index contributed by atoms with van der Waals surface area (Å²) in [7, 11) is 0. The summed E-state index contributed by atoms with van der Waals surface area (Å²) in [5.41, 5.74) is 0. The normalized spacial score (nSPS) is 28.2. The van der Waals surface area contributed by atoms with Crippen LogP contribution in [-0.2, 0) is 0 Å². The van der Waals surface area contributed by atoms with Crippen LogP contribution in [0.25, 0.3) is 0 Å². The van der Waals surface area contributed by atoms with E-state index in [0.29, 0.717) is 0 Å². The van der Waals surface area contributed by atoms with Crippen LogP contribution >= 0.6 is 0 Å². The fourth-order valence-electron chi connectivity index (χ4n) is 3.88. The van der Waals surface area contributed by atoms with Gasteiger partial charge in [0, 0.05) is 39.3 Å². The number of aliphatic hydroxyl groups is 1. The Hall–Kier alpha value is -0.810. The Morgan fingerprint density at radius 1 is 1.17 bits per heavy atom. The van der Waals surface area contributed by atoms with Crippen LogP contribution in [0.15, 0.2) is 4.99 Å². The summed E-state index contributed by atoms with van der Waals surface area (Å²) in [6.07, 6.45) is 4.21. The minimum atomic E-state index is -0.0762. The molecule has 0 aromatic carbocycles. The molecule has 0 amide bonds. The minimum absolute atomic E-state index is 0.0762. The van der Waals surface area contributed by atoms with Gasteiger partial charge >= 0.3 is 0 Å². The third-order valence-electron chi connectivity index (χ3n) is 4.95. The predicted octanol–water partition coefficient (Wildman–Crippen LogP) is 1.78. The Bertz CT molecular complexity index is 356. The highest BCUT2D eigenvalue weighted by atomic mass is 16.3. The van der Waals surface area contributed by atoms with E-state index < -0.39 is 0 Å². The molecule has 134 valence electrons. The summed E-state index contributed by atoms with van der Waals surface area (Å²) in [5.74, 6) is 2.60. The topological polar surface area (TPSA) is 51.1 Å². The number of hydrogen-bond acceptors (Lipinski definition) is 3. The number of aliphatic hydroxyl groups excluding tert-OH is 1. The Kier molecular flexibility index (Phi) is 7.63. The van der Waals surface area contributed by atoms with Gasteiger partial charge in [-0.1, -0.05) is 13.8 Å². The summed E-state index contributed by atoms with van der Waals surface area (Å²) >= 11 is 0. The van der Waals surface area contributed by atoms with E-state index in [2.05, 4.69) is 35.9 Å². The van der Waals surface area contributed by atoms with Crippen molar-refractivity contribution in [3.8, 4) is 0 Å². The first kappa shape index (κ1) is 18.5. The molecule has 5 heteroatoms. The molecule has 0 aromatic rings. The molecular weight excluding hydrogens is 288 g/mol. The second kappa shape index (κ2) is 9.48. The van der Waals surface area contributed by atoms with E-state index in [1.165, 1.54) is 6.42 Å². The Balaban J connectivity index is 1.77. The van der Waals surface area contributed by atoms with Gasteiger partial charge < -0.3 is 20.2 Å². The van der Waals surface area contributed by atoms with Crippen LogP contribution in [0.3, 0.4) is 0 Å². The molecule has 2 fully saturated rings. The van der Waals surface area contributed by atoms with Gasteiger partial charge in [-0.15, -0.1) is 0 Å². The van der Waals surface area contributed by atoms with Crippen molar-refractivity contribution in [3.05, 3.63) is 0 Å². The monoisotopic (exact) mass is 324 g/mol. The number of guanidine groups is 1.